The molecule has 0 aliphatic rings. The summed E-state index contributed by atoms with van der Waals surface area (Å²) < 4.78 is 23.9. The van der Waals surface area contributed by atoms with Gasteiger partial charge in [-0.2, -0.15) is 10.2 Å². The molecule has 3 aromatic heterocycles. The quantitative estimate of drug-likeness (QED) is 0.239. The summed E-state index contributed by atoms with van der Waals surface area (Å²) in [7, 11) is 0. The van der Waals surface area contributed by atoms with Crippen molar-refractivity contribution in [3.05, 3.63) is 60.3 Å². The lowest BCUT2D eigenvalue weighted by Crippen LogP contribution is -2.41. The van der Waals surface area contributed by atoms with Crippen molar-refractivity contribution >= 4 is 40.2 Å². The first-order valence-electron chi connectivity index (χ1n) is 12.5. The normalized spacial score (nSPS) is 12.2. The van der Waals surface area contributed by atoms with Gasteiger partial charge in [0.15, 0.2) is 11.6 Å². The lowest BCUT2D eigenvalue weighted by Gasteiger charge is -2.23. The van der Waals surface area contributed by atoms with Crippen LogP contribution in [-0.2, 0) is 17.8 Å². The van der Waals surface area contributed by atoms with Crippen molar-refractivity contribution in [1.29, 1.82) is 0 Å². The Balaban J connectivity index is 1.59. The molecule has 4 rings (SSSR count). The molecule has 13 heteroatoms. The monoisotopic (exact) mass is 537 g/mol. The third-order valence-electron chi connectivity index (χ3n) is 5.64. The van der Waals surface area contributed by atoms with Gasteiger partial charge in [0, 0.05) is 36.6 Å². The lowest BCUT2D eigenvalue weighted by atomic mass is 10.2. The Hall–Kier alpha value is -4.68. The van der Waals surface area contributed by atoms with Gasteiger partial charge < -0.3 is 26.4 Å². The summed E-state index contributed by atoms with van der Waals surface area (Å²) in [5.74, 6) is -1.68. The predicted molar refractivity (Wildman–Crippen MR) is 145 cm³/mol. The molecule has 0 radical (unpaired) electrons. The van der Waals surface area contributed by atoms with E-state index >= 15 is 4.39 Å². The molecule has 0 saturated carbocycles. The van der Waals surface area contributed by atoms with Crippen LogP contribution in [0.4, 0.5) is 26.5 Å². The van der Waals surface area contributed by atoms with Crippen LogP contribution in [0, 0.1) is 5.82 Å². The van der Waals surface area contributed by atoms with E-state index in [0.717, 1.165) is 23.5 Å². The Morgan fingerprint density at radius 1 is 1.18 bits per heavy atom. The number of benzene rings is 1. The van der Waals surface area contributed by atoms with E-state index in [1.54, 1.807) is 50.1 Å². The number of fused-ring (bicyclic) bond motifs is 1. The molecule has 0 saturated heterocycles. The molecule has 4 aromatic rings. The number of carbonyl (C=O) groups is 2. The molecule has 206 valence electrons. The average molecular weight is 538 g/mol. The maximum Gasteiger partial charge on any atom is 0.407 e. The fourth-order valence-corrected chi connectivity index (χ4v) is 3.94. The van der Waals surface area contributed by atoms with Gasteiger partial charge >= 0.3 is 6.09 Å². The molecule has 5 N–H and O–H groups in total. The topological polar surface area (TPSA) is 154 Å². The van der Waals surface area contributed by atoms with E-state index in [1.807, 2.05) is 29.8 Å². The minimum Gasteiger partial charge on any atom is -0.444 e. The van der Waals surface area contributed by atoms with E-state index in [2.05, 4.69) is 31.1 Å². The van der Waals surface area contributed by atoms with Gasteiger partial charge in [-0.05, 0) is 58.0 Å². The second-order valence-corrected chi connectivity index (χ2v) is 9.89. The second kappa shape index (κ2) is 11.4. The van der Waals surface area contributed by atoms with Crippen molar-refractivity contribution in [3.8, 4) is 0 Å². The van der Waals surface area contributed by atoms with Gasteiger partial charge in [0.1, 0.15) is 11.4 Å². The van der Waals surface area contributed by atoms with E-state index in [9.17, 15) is 9.59 Å². The van der Waals surface area contributed by atoms with Gasteiger partial charge in [0.05, 0.1) is 29.9 Å². The lowest BCUT2D eigenvalue weighted by molar-refractivity contribution is 0.0524. The van der Waals surface area contributed by atoms with E-state index in [-0.39, 0.29) is 30.3 Å². The zero-order valence-electron chi connectivity index (χ0n) is 22.2. The number of nitrogens with one attached hydrogen (secondary N) is 3. The van der Waals surface area contributed by atoms with E-state index in [1.165, 1.54) is 0 Å². The van der Waals surface area contributed by atoms with Crippen LogP contribution >= 0.6 is 0 Å². The number of ether oxygens (including phenoxy) is 1. The molecule has 39 heavy (non-hydrogen) atoms. The highest BCUT2D eigenvalue weighted by molar-refractivity contribution is 5.99. The van der Waals surface area contributed by atoms with Crippen LogP contribution in [0.5, 0.6) is 0 Å². The minimum absolute atomic E-state index is 0.0755. The second-order valence-electron chi connectivity index (χ2n) is 9.89. The highest BCUT2D eigenvalue weighted by atomic mass is 19.1. The Morgan fingerprint density at radius 2 is 1.97 bits per heavy atom. The van der Waals surface area contributed by atoms with E-state index < -0.39 is 29.5 Å². The Labute approximate surface area is 224 Å². The number of anilines is 3. The van der Waals surface area contributed by atoms with Gasteiger partial charge in [0.2, 0.25) is 0 Å². The van der Waals surface area contributed by atoms with Crippen LogP contribution < -0.4 is 21.7 Å². The summed E-state index contributed by atoms with van der Waals surface area (Å²) in [6.45, 7) is 8.35. The predicted octanol–water partition coefficient (Wildman–Crippen LogP) is 3.63. The molecule has 12 nitrogen and oxygen atoms in total. The summed E-state index contributed by atoms with van der Waals surface area (Å²) >= 11 is 0. The largest absolute Gasteiger partial charge is 0.444 e. The maximum atomic E-state index is 15.1. The van der Waals surface area contributed by atoms with Crippen molar-refractivity contribution in [3.63, 3.8) is 0 Å². The van der Waals surface area contributed by atoms with Crippen LogP contribution in [0.25, 0.3) is 10.9 Å². The first-order chi connectivity index (χ1) is 18.5. The summed E-state index contributed by atoms with van der Waals surface area (Å²) in [6, 6.07) is 7.79. The van der Waals surface area contributed by atoms with Crippen molar-refractivity contribution in [1.82, 2.24) is 29.9 Å². The molecular weight excluding hydrogens is 505 g/mol. The summed E-state index contributed by atoms with van der Waals surface area (Å²) in [5, 5.41) is 18.2. The molecule has 0 unspecified atom stereocenters. The number of pyridine rings is 1. The van der Waals surface area contributed by atoms with E-state index in [4.69, 9.17) is 10.5 Å². The van der Waals surface area contributed by atoms with Crippen LogP contribution in [0.15, 0.2) is 48.9 Å². The number of nitrogens with zero attached hydrogens (tertiary/aromatic N) is 5. The first-order valence-corrected chi connectivity index (χ1v) is 12.5. The molecule has 0 spiro atoms. The SMILES string of the molecule is CCn1ncc2cc(Nc3nc(N[C@@H](CNC(=O)OC(C)(C)C)Cn4cccn4)c(F)cc3C(N)=O)ccc21. The number of nitrogens with two attached hydrogens (primary N) is 1. The number of alkyl carbamates (subject to hydrolysis) is 1. The van der Waals surface area contributed by atoms with Gasteiger partial charge in [-0.25, -0.2) is 14.2 Å². The summed E-state index contributed by atoms with van der Waals surface area (Å²) in [6.07, 6.45) is 4.48. The number of aryl methyl sites for hydroxylation is 1. The number of rotatable bonds is 10. The first kappa shape index (κ1) is 27.4. The van der Waals surface area contributed by atoms with Gasteiger partial charge in [0.25, 0.3) is 5.91 Å². The number of hydrogen-bond donors (Lipinski definition) is 4. The third kappa shape index (κ3) is 7.00. The fraction of sp³-hybridized carbons (Fsp3) is 0.346. The zero-order chi connectivity index (χ0) is 28.2. The number of amides is 2. The summed E-state index contributed by atoms with van der Waals surface area (Å²) in [4.78, 5) is 28.7. The highest BCUT2D eigenvalue weighted by Crippen LogP contribution is 2.26. The molecule has 1 aromatic carbocycles. The van der Waals surface area contributed by atoms with Crippen LogP contribution in [0.2, 0.25) is 0 Å². The molecule has 3 heterocycles. The summed E-state index contributed by atoms with van der Waals surface area (Å²) in [5.41, 5.74) is 6.31. The smallest absolute Gasteiger partial charge is 0.407 e. The molecule has 1 atom stereocenters. The number of halogens is 1. The highest BCUT2D eigenvalue weighted by Gasteiger charge is 2.21. The number of aromatic nitrogens is 5. The zero-order valence-corrected chi connectivity index (χ0v) is 22.2. The van der Waals surface area contributed by atoms with Crippen molar-refractivity contribution in [2.45, 2.75) is 52.4 Å². The average Bonchev–Trinajstić information content (AvgIpc) is 3.52. The molecular formula is C26H32FN9O3. The molecule has 0 aliphatic carbocycles. The van der Waals surface area contributed by atoms with E-state index in [0.29, 0.717) is 5.69 Å². The van der Waals surface area contributed by atoms with Gasteiger partial charge in [-0.3, -0.25) is 14.2 Å². The van der Waals surface area contributed by atoms with Gasteiger partial charge in [-0.15, -0.1) is 0 Å². The molecule has 2 amide bonds. The Bertz CT molecular complexity index is 1460. The standard InChI is InChI=1S/C26H32FN9O3/c1-5-36-21-8-7-17(11-16(21)13-31-36)32-23-19(22(28)37)12-20(27)24(34-23)33-18(15-35-10-6-9-30-35)14-29-25(38)39-26(2,3)4/h6-13,18H,5,14-15H2,1-4H3,(H2,28,37)(H,29,38)(H2,32,33,34)/t18-/m0/s1. The van der Waals surface area contributed by atoms with Crippen molar-refractivity contribution < 1.29 is 18.7 Å². The Kier molecular flexibility index (Phi) is 7.98. The Morgan fingerprint density at radius 3 is 2.64 bits per heavy atom. The minimum atomic E-state index is -0.838. The maximum absolute atomic E-state index is 15.1. The van der Waals surface area contributed by atoms with Crippen molar-refractivity contribution in [2.75, 3.05) is 17.2 Å². The van der Waals surface area contributed by atoms with Crippen molar-refractivity contribution in [2.24, 2.45) is 5.73 Å². The van der Waals surface area contributed by atoms with Crippen LogP contribution in [-0.4, -0.2) is 54.7 Å². The van der Waals surface area contributed by atoms with Crippen LogP contribution in [0.3, 0.4) is 0 Å². The molecule has 0 bridgehead atoms. The fourth-order valence-electron chi connectivity index (χ4n) is 3.94. The molecule has 0 fully saturated rings. The number of hydrogen-bond acceptors (Lipinski definition) is 8. The van der Waals surface area contributed by atoms with Gasteiger partial charge in [-0.1, -0.05) is 0 Å². The number of primary amides is 1. The molecule has 0 aliphatic heterocycles. The number of carbonyl (C=O) groups excluding carboxylic acids is 2. The van der Waals surface area contributed by atoms with Crippen LogP contribution in [0.1, 0.15) is 38.1 Å². The third-order valence-corrected chi connectivity index (χ3v) is 5.64.